The predicted octanol–water partition coefficient (Wildman–Crippen LogP) is 12.4. The Balaban J connectivity index is 1.10. The van der Waals surface area contributed by atoms with Gasteiger partial charge in [0.1, 0.15) is 16.2 Å². The molecular formula is C46H28N4OS. The lowest BCUT2D eigenvalue weighted by atomic mass is 10.00. The molecule has 0 bridgehead atoms. The van der Waals surface area contributed by atoms with E-state index in [1.54, 1.807) is 11.3 Å². The van der Waals surface area contributed by atoms with Crippen molar-refractivity contribution in [2.45, 2.75) is 0 Å². The number of rotatable bonds is 6. The molecule has 6 heteroatoms. The Kier molecular flexibility index (Phi) is 7.25. The van der Waals surface area contributed by atoms with Gasteiger partial charge in [-0.3, -0.25) is 0 Å². The summed E-state index contributed by atoms with van der Waals surface area (Å²) in [5, 5.41) is 3.16. The van der Waals surface area contributed by atoms with E-state index < -0.39 is 0 Å². The van der Waals surface area contributed by atoms with Crippen LogP contribution in [0.15, 0.2) is 174 Å². The molecule has 0 saturated carbocycles. The molecular weight excluding hydrogens is 657 g/mol. The number of aromatic nitrogens is 4. The van der Waals surface area contributed by atoms with Crippen LogP contribution in [0.25, 0.3) is 99.1 Å². The van der Waals surface area contributed by atoms with E-state index in [0.29, 0.717) is 17.5 Å². The first-order chi connectivity index (χ1) is 25.7. The van der Waals surface area contributed by atoms with Crippen molar-refractivity contribution in [2.75, 3.05) is 0 Å². The molecule has 0 aliphatic heterocycles. The fraction of sp³-hybridized carbons (Fsp3) is 0. The summed E-state index contributed by atoms with van der Waals surface area (Å²) in [6, 6.07) is 58.0. The van der Waals surface area contributed by atoms with Gasteiger partial charge in [-0.2, -0.15) is 0 Å². The van der Waals surface area contributed by atoms with E-state index in [4.69, 9.17) is 24.4 Å². The fourth-order valence-electron chi connectivity index (χ4n) is 6.84. The highest BCUT2D eigenvalue weighted by molar-refractivity contribution is 7.22. The minimum Gasteiger partial charge on any atom is -0.455 e. The average Bonchev–Trinajstić information content (AvgIpc) is 3.84. The third-order valence-electron chi connectivity index (χ3n) is 9.36. The van der Waals surface area contributed by atoms with E-state index in [1.807, 2.05) is 60.7 Å². The molecule has 0 unspecified atom stereocenters. The van der Waals surface area contributed by atoms with E-state index >= 15 is 0 Å². The Bertz CT molecular complexity index is 2900. The summed E-state index contributed by atoms with van der Waals surface area (Å²) >= 11 is 1.71. The molecule has 10 rings (SSSR count). The van der Waals surface area contributed by atoms with Crippen LogP contribution >= 0.6 is 11.3 Å². The van der Waals surface area contributed by atoms with Gasteiger partial charge in [-0.25, -0.2) is 19.9 Å². The lowest BCUT2D eigenvalue weighted by molar-refractivity contribution is 0.670. The fourth-order valence-corrected chi connectivity index (χ4v) is 7.97. The second-order valence-corrected chi connectivity index (χ2v) is 13.7. The molecule has 0 spiro atoms. The summed E-state index contributed by atoms with van der Waals surface area (Å²) in [6.07, 6.45) is 0. The van der Waals surface area contributed by atoms with E-state index in [0.717, 1.165) is 81.7 Å². The summed E-state index contributed by atoms with van der Waals surface area (Å²) in [5.74, 6) is 1.85. The van der Waals surface area contributed by atoms with Gasteiger partial charge in [-0.15, -0.1) is 11.3 Å². The molecule has 3 aromatic heterocycles. The molecule has 52 heavy (non-hydrogen) atoms. The Morgan fingerprint density at radius 2 is 0.942 bits per heavy atom. The van der Waals surface area contributed by atoms with Crippen LogP contribution in [0, 0.1) is 0 Å². The highest BCUT2D eigenvalue weighted by atomic mass is 32.1. The standard InChI is InChI=1S/C46H28N4OS/c1-4-13-29(14-5-1)32-19-10-21-34(27-32)44-48-43(30-15-6-2-7-16-30)49-45(50-44)35-22-11-20-33(28-35)36-23-12-24-37-40-39(51-41(36)37)26-25-38-42(40)52-46(47-38)31-17-8-3-9-18-31/h1-28H. The molecule has 0 atom stereocenters. The van der Waals surface area contributed by atoms with Crippen LogP contribution in [0.3, 0.4) is 0 Å². The second-order valence-electron chi connectivity index (χ2n) is 12.7. The van der Waals surface area contributed by atoms with Crippen LogP contribution in [-0.4, -0.2) is 19.9 Å². The van der Waals surface area contributed by atoms with Crippen LogP contribution in [-0.2, 0) is 0 Å². The maximum Gasteiger partial charge on any atom is 0.164 e. The number of nitrogens with zero attached hydrogens (tertiary/aromatic N) is 4. The first-order valence-corrected chi connectivity index (χ1v) is 18.0. The van der Waals surface area contributed by atoms with Crippen molar-refractivity contribution in [3.8, 4) is 67.0 Å². The Hall–Kier alpha value is -6.76. The largest absolute Gasteiger partial charge is 0.455 e. The van der Waals surface area contributed by atoms with Gasteiger partial charge in [0, 0.05) is 38.6 Å². The number of hydrogen-bond acceptors (Lipinski definition) is 6. The minimum atomic E-state index is 0.604. The molecule has 0 N–H and O–H groups in total. The molecule has 0 aliphatic rings. The molecule has 7 aromatic carbocycles. The van der Waals surface area contributed by atoms with Crippen molar-refractivity contribution in [1.82, 2.24) is 19.9 Å². The number of furan rings is 1. The van der Waals surface area contributed by atoms with Crippen LogP contribution < -0.4 is 0 Å². The van der Waals surface area contributed by atoms with Crippen LogP contribution in [0.1, 0.15) is 0 Å². The van der Waals surface area contributed by atoms with Crippen molar-refractivity contribution in [1.29, 1.82) is 0 Å². The normalized spacial score (nSPS) is 11.5. The average molecular weight is 685 g/mol. The molecule has 3 heterocycles. The zero-order chi connectivity index (χ0) is 34.4. The SMILES string of the molecule is c1ccc(-c2cccc(-c3nc(-c4ccccc4)nc(-c4cccc(-c5cccc6c5oc5ccc7nc(-c8ccccc8)sc7c56)c4)n3)c2)cc1. The first kappa shape index (κ1) is 30.1. The number of benzene rings is 7. The van der Waals surface area contributed by atoms with Crippen molar-refractivity contribution in [3.05, 3.63) is 170 Å². The van der Waals surface area contributed by atoms with Gasteiger partial charge in [0.25, 0.3) is 0 Å². The number of thiazole rings is 1. The molecule has 10 aromatic rings. The van der Waals surface area contributed by atoms with E-state index in [9.17, 15) is 0 Å². The topological polar surface area (TPSA) is 64.7 Å². The zero-order valence-electron chi connectivity index (χ0n) is 27.8. The number of para-hydroxylation sites is 1. The lowest BCUT2D eigenvalue weighted by Gasteiger charge is -2.11. The van der Waals surface area contributed by atoms with Gasteiger partial charge in [-0.1, -0.05) is 146 Å². The van der Waals surface area contributed by atoms with E-state index in [2.05, 4.69) is 109 Å². The predicted molar refractivity (Wildman–Crippen MR) is 213 cm³/mol. The Morgan fingerprint density at radius 3 is 1.63 bits per heavy atom. The maximum atomic E-state index is 6.65. The highest BCUT2D eigenvalue weighted by Crippen LogP contribution is 2.43. The van der Waals surface area contributed by atoms with Gasteiger partial charge in [0.05, 0.1) is 10.2 Å². The Morgan fingerprint density at radius 1 is 0.404 bits per heavy atom. The lowest BCUT2D eigenvalue weighted by Crippen LogP contribution is -2.00. The van der Waals surface area contributed by atoms with Gasteiger partial charge < -0.3 is 4.42 Å². The van der Waals surface area contributed by atoms with Crippen LogP contribution in [0.2, 0.25) is 0 Å². The third-order valence-corrected chi connectivity index (χ3v) is 10.5. The Labute approximate surface area is 303 Å². The van der Waals surface area contributed by atoms with Gasteiger partial charge in [0.15, 0.2) is 17.5 Å². The van der Waals surface area contributed by atoms with Crippen LogP contribution in [0.4, 0.5) is 0 Å². The van der Waals surface area contributed by atoms with Gasteiger partial charge >= 0.3 is 0 Å². The molecule has 244 valence electrons. The smallest absolute Gasteiger partial charge is 0.164 e. The first-order valence-electron chi connectivity index (χ1n) is 17.1. The molecule has 0 radical (unpaired) electrons. The summed E-state index contributed by atoms with van der Waals surface area (Å²) in [6.45, 7) is 0. The number of hydrogen-bond donors (Lipinski definition) is 0. The molecule has 5 nitrogen and oxygen atoms in total. The summed E-state index contributed by atoms with van der Waals surface area (Å²) in [5.41, 5.74) is 10.8. The van der Waals surface area contributed by atoms with Crippen LogP contribution in [0.5, 0.6) is 0 Å². The van der Waals surface area contributed by atoms with Crippen molar-refractivity contribution >= 4 is 43.5 Å². The van der Waals surface area contributed by atoms with Gasteiger partial charge in [-0.05, 0) is 41.0 Å². The quantitative estimate of drug-likeness (QED) is 0.174. The maximum absolute atomic E-state index is 6.65. The second kappa shape index (κ2) is 12.5. The minimum absolute atomic E-state index is 0.604. The monoisotopic (exact) mass is 684 g/mol. The van der Waals surface area contributed by atoms with Crippen molar-refractivity contribution in [3.63, 3.8) is 0 Å². The van der Waals surface area contributed by atoms with Gasteiger partial charge in [0.2, 0.25) is 0 Å². The van der Waals surface area contributed by atoms with Crippen molar-refractivity contribution in [2.24, 2.45) is 0 Å². The molecule has 0 amide bonds. The number of fused-ring (bicyclic) bond motifs is 5. The molecule has 0 aliphatic carbocycles. The molecule has 0 fully saturated rings. The molecule has 0 saturated heterocycles. The zero-order valence-corrected chi connectivity index (χ0v) is 28.6. The summed E-state index contributed by atoms with van der Waals surface area (Å²) in [7, 11) is 0. The third kappa shape index (κ3) is 5.34. The van der Waals surface area contributed by atoms with Crippen molar-refractivity contribution < 1.29 is 4.42 Å². The summed E-state index contributed by atoms with van der Waals surface area (Å²) < 4.78 is 7.77. The summed E-state index contributed by atoms with van der Waals surface area (Å²) in [4.78, 5) is 20.1. The highest BCUT2D eigenvalue weighted by Gasteiger charge is 2.19. The van der Waals surface area contributed by atoms with E-state index in [1.165, 1.54) is 0 Å². The van der Waals surface area contributed by atoms with E-state index in [-0.39, 0.29) is 0 Å².